The molecule has 0 bridgehead atoms. The van der Waals surface area contributed by atoms with Gasteiger partial charge in [0.05, 0.1) is 5.56 Å². The number of likely N-dealkylation sites (tertiary alicyclic amines) is 1. The van der Waals surface area contributed by atoms with Crippen LogP contribution < -0.4 is 0 Å². The average molecular weight is 405 g/mol. The van der Waals surface area contributed by atoms with Crippen molar-refractivity contribution >= 4 is 20.6 Å². The highest BCUT2D eigenvalue weighted by Gasteiger charge is 2.35. The van der Waals surface area contributed by atoms with Crippen molar-refractivity contribution in [1.29, 1.82) is 0 Å². The second-order valence-electron chi connectivity index (χ2n) is 6.51. The Labute approximate surface area is 148 Å². The average Bonchev–Trinajstić information content (AvgIpc) is 3.00. The van der Waals surface area contributed by atoms with Crippen LogP contribution in [0.15, 0.2) is 29.4 Å². The minimum absolute atomic E-state index is 0.0548. The predicted octanol–water partition coefficient (Wildman–Crippen LogP) is 4.98. The molecule has 0 radical (unpaired) electrons. The SMILES string of the molecule is CC(c1cccc(C(F)(F)F)c1)N1CCCC(C2CC(Br)=NO2)C1. The molecule has 24 heavy (non-hydrogen) atoms. The van der Waals surface area contributed by atoms with E-state index >= 15 is 0 Å². The van der Waals surface area contributed by atoms with E-state index < -0.39 is 11.7 Å². The quantitative estimate of drug-likeness (QED) is 0.709. The third-order valence-corrected chi connectivity index (χ3v) is 5.38. The van der Waals surface area contributed by atoms with Crippen molar-refractivity contribution in [2.75, 3.05) is 13.1 Å². The summed E-state index contributed by atoms with van der Waals surface area (Å²) in [7, 11) is 0. The van der Waals surface area contributed by atoms with Crippen LogP contribution in [0.2, 0.25) is 0 Å². The van der Waals surface area contributed by atoms with Crippen LogP contribution in [-0.2, 0) is 11.0 Å². The third kappa shape index (κ3) is 3.94. The Balaban J connectivity index is 1.69. The van der Waals surface area contributed by atoms with E-state index in [1.807, 2.05) is 6.92 Å². The first kappa shape index (κ1) is 17.7. The van der Waals surface area contributed by atoms with Crippen LogP contribution in [0.4, 0.5) is 13.2 Å². The van der Waals surface area contributed by atoms with Gasteiger partial charge in [0.15, 0.2) is 0 Å². The van der Waals surface area contributed by atoms with Crippen LogP contribution in [0.3, 0.4) is 0 Å². The Morgan fingerprint density at radius 2 is 2.17 bits per heavy atom. The molecular weight excluding hydrogens is 385 g/mol. The number of hydrogen-bond acceptors (Lipinski definition) is 3. The van der Waals surface area contributed by atoms with Gasteiger partial charge in [-0.05, 0) is 59.9 Å². The second-order valence-corrected chi connectivity index (χ2v) is 7.43. The molecule has 1 saturated heterocycles. The van der Waals surface area contributed by atoms with Crippen molar-refractivity contribution < 1.29 is 18.0 Å². The topological polar surface area (TPSA) is 24.8 Å². The van der Waals surface area contributed by atoms with Gasteiger partial charge in [-0.2, -0.15) is 13.2 Å². The van der Waals surface area contributed by atoms with Crippen LogP contribution in [0.5, 0.6) is 0 Å². The first-order valence-electron chi connectivity index (χ1n) is 8.14. The van der Waals surface area contributed by atoms with Crippen LogP contribution >= 0.6 is 15.9 Å². The zero-order chi connectivity index (χ0) is 17.3. The van der Waals surface area contributed by atoms with E-state index in [1.165, 1.54) is 12.1 Å². The molecule has 3 atom stereocenters. The molecule has 0 N–H and O–H groups in total. The number of rotatable bonds is 3. The van der Waals surface area contributed by atoms with Gasteiger partial charge in [0.1, 0.15) is 10.7 Å². The summed E-state index contributed by atoms with van der Waals surface area (Å²) in [6, 6.07) is 5.59. The molecule has 3 unspecified atom stereocenters. The molecule has 2 aliphatic rings. The largest absolute Gasteiger partial charge is 0.416 e. The van der Waals surface area contributed by atoms with E-state index in [4.69, 9.17) is 4.84 Å². The van der Waals surface area contributed by atoms with Crippen LogP contribution in [-0.4, -0.2) is 28.7 Å². The van der Waals surface area contributed by atoms with E-state index in [0.29, 0.717) is 11.5 Å². The third-order valence-electron chi connectivity index (χ3n) is 4.92. The summed E-state index contributed by atoms with van der Waals surface area (Å²) in [5.41, 5.74) is 0.118. The van der Waals surface area contributed by atoms with Crippen molar-refractivity contribution in [2.24, 2.45) is 11.1 Å². The van der Waals surface area contributed by atoms with Crippen molar-refractivity contribution in [1.82, 2.24) is 4.90 Å². The maximum atomic E-state index is 12.9. The molecule has 3 nitrogen and oxygen atoms in total. The summed E-state index contributed by atoms with van der Waals surface area (Å²) in [6.45, 7) is 3.68. The van der Waals surface area contributed by atoms with Crippen molar-refractivity contribution in [2.45, 2.75) is 44.5 Å². The minimum atomic E-state index is -4.30. The fourth-order valence-electron chi connectivity index (χ4n) is 3.50. The molecule has 1 aromatic rings. The molecule has 0 spiro atoms. The fourth-order valence-corrected chi connectivity index (χ4v) is 3.90. The number of oxime groups is 1. The summed E-state index contributed by atoms with van der Waals surface area (Å²) >= 11 is 3.36. The monoisotopic (exact) mass is 404 g/mol. The maximum absolute atomic E-state index is 12.9. The number of piperidine rings is 1. The van der Waals surface area contributed by atoms with Gasteiger partial charge in [0.2, 0.25) is 0 Å². The lowest BCUT2D eigenvalue weighted by molar-refractivity contribution is -0.137. The van der Waals surface area contributed by atoms with Crippen molar-refractivity contribution in [3.8, 4) is 0 Å². The molecule has 2 aliphatic heterocycles. The fraction of sp³-hybridized carbons (Fsp3) is 0.588. The highest BCUT2D eigenvalue weighted by atomic mass is 79.9. The van der Waals surface area contributed by atoms with Gasteiger partial charge in [-0.1, -0.05) is 17.3 Å². The number of hydrogen-bond donors (Lipinski definition) is 0. The molecule has 132 valence electrons. The molecule has 0 amide bonds. The predicted molar refractivity (Wildman–Crippen MR) is 90.0 cm³/mol. The first-order chi connectivity index (χ1) is 11.3. The van der Waals surface area contributed by atoms with Crippen molar-refractivity contribution in [3.63, 3.8) is 0 Å². The lowest BCUT2D eigenvalue weighted by Gasteiger charge is -2.38. The smallest absolute Gasteiger partial charge is 0.391 e. The summed E-state index contributed by atoms with van der Waals surface area (Å²) < 4.78 is 39.6. The van der Waals surface area contributed by atoms with Crippen LogP contribution in [0.25, 0.3) is 0 Å². The highest BCUT2D eigenvalue weighted by molar-refractivity contribution is 9.18. The molecule has 0 saturated carbocycles. The Bertz CT molecular complexity index is 620. The maximum Gasteiger partial charge on any atom is 0.416 e. The van der Waals surface area contributed by atoms with Gasteiger partial charge in [0, 0.05) is 24.9 Å². The zero-order valence-corrected chi connectivity index (χ0v) is 15.0. The van der Waals surface area contributed by atoms with E-state index in [-0.39, 0.29) is 12.1 Å². The Kier molecular flexibility index (Phi) is 5.20. The van der Waals surface area contributed by atoms with Gasteiger partial charge in [-0.15, -0.1) is 0 Å². The number of alkyl halides is 3. The molecule has 7 heteroatoms. The normalized spacial score (nSPS) is 26.8. The van der Waals surface area contributed by atoms with Gasteiger partial charge in [0.25, 0.3) is 0 Å². The Hall–Kier alpha value is -1.08. The number of benzene rings is 1. The lowest BCUT2D eigenvalue weighted by Crippen LogP contribution is -2.41. The molecule has 3 rings (SSSR count). The van der Waals surface area contributed by atoms with Gasteiger partial charge in [-0.3, -0.25) is 4.90 Å². The summed E-state index contributed by atoms with van der Waals surface area (Å²) in [5.74, 6) is 0.353. The number of nitrogens with zero attached hydrogens (tertiary/aromatic N) is 2. The van der Waals surface area contributed by atoms with Gasteiger partial charge >= 0.3 is 6.18 Å². The Morgan fingerprint density at radius 3 is 2.83 bits per heavy atom. The van der Waals surface area contributed by atoms with E-state index in [9.17, 15) is 13.2 Å². The summed E-state index contributed by atoms with van der Waals surface area (Å²) in [6.07, 6.45) is -1.38. The molecule has 1 aromatic carbocycles. The summed E-state index contributed by atoms with van der Waals surface area (Å²) in [4.78, 5) is 7.72. The molecule has 1 fully saturated rings. The van der Waals surface area contributed by atoms with Crippen LogP contribution in [0.1, 0.15) is 43.4 Å². The van der Waals surface area contributed by atoms with Gasteiger partial charge in [-0.25, -0.2) is 0 Å². The van der Waals surface area contributed by atoms with Crippen molar-refractivity contribution in [3.05, 3.63) is 35.4 Å². The molecule has 0 aliphatic carbocycles. The second kappa shape index (κ2) is 7.04. The van der Waals surface area contributed by atoms with E-state index in [0.717, 1.165) is 43.0 Å². The standard InChI is InChI=1S/C17H20BrF3N2O/c1-11(12-4-2-6-14(8-12)17(19,20)21)23-7-3-5-13(10-23)15-9-16(18)22-24-15/h2,4,6,8,11,13,15H,3,5,7,9-10H2,1H3. The molecular formula is C17H20BrF3N2O. The van der Waals surface area contributed by atoms with Gasteiger partial charge < -0.3 is 4.84 Å². The molecule has 2 heterocycles. The highest BCUT2D eigenvalue weighted by Crippen LogP contribution is 2.35. The van der Waals surface area contributed by atoms with E-state index in [2.05, 4.69) is 26.0 Å². The first-order valence-corrected chi connectivity index (χ1v) is 8.93. The number of halogens is 4. The lowest BCUT2D eigenvalue weighted by atomic mass is 9.89. The summed E-state index contributed by atoms with van der Waals surface area (Å²) in [5, 5.41) is 3.95. The molecule has 0 aromatic heterocycles. The minimum Gasteiger partial charge on any atom is -0.391 e. The van der Waals surface area contributed by atoms with Crippen LogP contribution in [0, 0.1) is 5.92 Å². The zero-order valence-electron chi connectivity index (χ0n) is 13.4. The Morgan fingerprint density at radius 1 is 1.38 bits per heavy atom. The van der Waals surface area contributed by atoms with E-state index in [1.54, 1.807) is 6.07 Å².